The van der Waals surface area contributed by atoms with Crippen molar-refractivity contribution < 1.29 is 19.4 Å². The Morgan fingerprint density at radius 2 is 0.867 bits per heavy atom. The van der Waals surface area contributed by atoms with Crippen molar-refractivity contribution in [3.05, 3.63) is 132 Å². The monoisotopic (exact) mass is 593 g/mol. The third kappa shape index (κ3) is 4.60. The fourth-order valence-electron chi connectivity index (χ4n) is 6.89. The molecular formula is C38H31N3O4. The van der Waals surface area contributed by atoms with Crippen LogP contribution < -0.4 is 0 Å². The van der Waals surface area contributed by atoms with Crippen molar-refractivity contribution in [3.63, 3.8) is 0 Å². The number of amides is 2. The number of aliphatic hydroxyl groups excluding tert-OH is 1. The zero-order valence-corrected chi connectivity index (χ0v) is 24.5. The summed E-state index contributed by atoms with van der Waals surface area (Å²) in [6.45, 7) is 0.902. The molecule has 2 amide bonds. The molecule has 8 rings (SSSR count). The Morgan fingerprint density at radius 3 is 1.27 bits per heavy atom. The number of aromatic nitrogens is 2. The molecule has 0 spiro atoms. The number of benzene rings is 5. The van der Waals surface area contributed by atoms with E-state index in [1.165, 1.54) is 21.5 Å². The van der Waals surface area contributed by atoms with Gasteiger partial charge < -0.3 is 19.0 Å². The third-order valence-corrected chi connectivity index (χ3v) is 8.93. The minimum absolute atomic E-state index is 0.0354. The standard InChI is InChI=1S/C38H31N3O4/c42-25(21-41-37(43)31-15-1-2-16-32(31)38(41)44)24-45-26(22-39-33-17-7-3-11-27(33)28-12-4-8-18-34(28)39)23-40-35-19-9-5-13-29(35)30-14-6-10-20-36(30)40/h1-20,25-26,42H,21-24H2/t25-/m1/s1. The van der Waals surface area contributed by atoms with Crippen molar-refractivity contribution >= 4 is 55.4 Å². The topological polar surface area (TPSA) is 76.7 Å². The summed E-state index contributed by atoms with van der Waals surface area (Å²) in [4.78, 5) is 27.0. The van der Waals surface area contributed by atoms with E-state index >= 15 is 0 Å². The molecule has 7 heteroatoms. The predicted octanol–water partition coefficient (Wildman–Crippen LogP) is 6.64. The van der Waals surface area contributed by atoms with Crippen LogP contribution in [0.3, 0.4) is 0 Å². The number of fused-ring (bicyclic) bond motifs is 7. The molecule has 0 radical (unpaired) electrons. The lowest BCUT2D eigenvalue weighted by atomic mass is 10.1. The van der Waals surface area contributed by atoms with Crippen molar-refractivity contribution in [2.45, 2.75) is 25.3 Å². The molecular weight excluding hydrogens is 562 g/mol. The molecule has 5 aromatic carbocycles. The first-order valence-electron chi connectivity index (χ1n) is 15.3. The molecule has 2 aromatic heterocycles. The van der Waals surface area contributed by atoms with Gasteiger partial charge in [-0.15, -0.1) is 0 Å². The molecule has 0 aliphatic carbocycles. The highest BCUT2D eigenvalue weighted by Gasteiger charge is 2.36. The second-order valence-corrected chi connectivity index (χ2v) is 11.7. The zero-order chi connectivity index (χ0) is 30.5. The first kappa shape index (κ1) is 27.3. The molecule has 3 heterocycles. The van der Waals surface area contributed by atoms with Crippen LogP contribution >= 0.6 is 0 Å². The van der Waals surface area contributed by atoms with Gasteiger partial charge in [-0.2, -0.15) is 0 Å². The maximum atomic E-state index is 12.9. The molecule has 0 saturated carbocycles. The van der Waals surface area contributed by atoms with Crippen LogP contribution in [0.2, 0.25) is 0 Å². The SMILES string of the molecule is O=C1c2ccccc2C(=O)N1C[C@@H](O)COC(Cn1c2ccccc2c2ccccc21)Cn1c2ccccc2c2ccccc21. The molecule has 0 saturated heterocycles. The van der Waals surface area contributed by atoms with E-state index in [0.717, 1.165) is 27.0 Å². The molecule has 7 aromatic rings. The van der Waals surface area contributed by atoms with E-state index in [4.69, 9.17) is 4.74 Å². The van der Waals surface area contributed by atoms with E-state index in [-0.39, 0.29) is 31.1 Å². The second-order valence-electron chi connectivity index (χ2n) is 11.7. The lowest BCUT2D eigenvalue weighted by Crippen LogP contribution is -2.40. The van der Waals surface area contributed by atoms with E-state index < -0.39 is 6.10 Å². The Kier molecular flexibility index (Phi) is 6.70. The Balaban J connectivity index is 1.13. The number of β-amino-alcohol motifs (C(OH)–C–C–N with tert-alkyl or cyclic N) is 1. The average Bonchev–Trinajstić information content (AvgIpc) is 3.66. The van der Waals surface area contributed by atoms with Gasteiger partial charge in [0, 0.05) is 43.6 Å². The van der Waals surface area contributed by atoms with Gasteiger partial charge in [0.2, 0.25) is 0 Å². The summed E-state index contributed by atoms with van der Waals surface area (Å²) >= 11 is 0. The number of nitrogens with zero attached hydrogens (tertiary/aromatic N) is 3. The number of hydrogen-bond acceptors (Lipinski definition) is 4. The number of carbonyl (C=O) groups is 2. The van der Waals surface area contributed by atoms with Crippen LogP contribution in [0.15, 0.2) is 121 Å². The van der Waals surface area contributed by atoms with E-state index in [1.807, 2.05) is 24.3 Å². The number of para-hydroxylation sites is 4. The van der Waals surface area contributed by atoms with Gasteiger partial charge >= 0.3 is 0 Å². The van der Waals surface area contributed by atoms with E-state index in [1.54, 1.807) is 24.3 Å². The molecule has 222 valence electrons. The Labute approximate surface area is 259 Å². The summed E-state index contributed by atoms with van der Waals surface area (Å²) in [5, 5.41) is 15.8. The number of carbonyl (C=O) groups excluding carboxylic acids is 2. The smallest absolute Gasteiger partial charge is 0.261 e. The Bertz CT molecular complexity index is 1990. The van der Waals surface area contributed by atoms with E-state index in [9.17, 15) is 14.7 Å². The molecule has 0 fully saturated rings. The largest absolute Gasteiger partial charge is 0.389 e. The molecule has 45 heavy (non-hydrogen) atoms. The molecule has 0 unspecified atom stereocenters. The van der Waals surface area contributed by atoms with Crippen molar-refractivity contribution in [1.82, 2.24) is 14.0 Å². The first-order valence-corrected chi connectivity index (χ1v) is 15.3. The Morgan fingerprint density at radius 1 is 0.511 bits per heavy atom. The number of hydrogen-bond donors (Lipinski definition) is 1. The normalized spacial score (nSPS) is 14.0. The summed E-state index contributed by atoms with van der Waals surface area (Å²) in [6.07, 6.45) is -1.40. The van der Waals surface area contributed by atoms with Crippen molar-refractivity contribution in [1.29, 1.82) is 0 Å². The summed E-state index contributed by atoms with van der Waals surface area (Å²) < 4.78 is 11.1. The van der Waals surface area contributed by atoms with Gasteiger partial charge in [0.15, 0.2) is 0 Å². The molecule has 1 aliphatic rings. The summed E-state index contributed by atoms with van der Waals surface area (Å²) in [6, 6.07) is 40.3. The van der Waals surface area contributed by atoms with Gasteiger partial charge in [0.1, 0.15) is 0 Å². The lowest BCUT2D eigenvalue weighted by molar-refractivity contribution is -0.0275. The number of ether oxygens (including phenoxy) is 1. The van der Waals surface area contributed by atoms with Gasteiger partial charge in [-0.05, 0) is 36.4 Å². The molecule has 7 nitrogen and oxygen atoms in total. The maximum Gasteiger partial charge on any atom is 0.261 e. The zero-order valence-electron chi connectivity index (χ0n) is 24.5. The van der Waals surface area contributed by atoms with Gasteiger partial charge in [-0.25, -0.2) is 0 Å². The van der Waals surface area contributed by atoms with Crippen LogP contribution in [-0.4, -0.2) is 56.3 Å². The minimum atomic E-state index is -1.05. The van der Waals surface area contributed by atoms with Crippen LogP contribution in [-0.2, 0) is 17.8 Å². The van der Waals surface area contributed by atoms with Gasteiger partial charge in [0.25, 0.3) is 11.8 Å². The van der Waals surface area contributed by atoms with Crippen LogP contribution in [0.5, 0.6) is 0 Å². The predicted molar refractivity (Wildman–Crippen MR) is 176 cm³/mol. The number of aliphatic hydroxyl groups is 1. The van der Waals surface area contributed by atoms with Crippen molar-refractivity contribution in [2.75, 3.05) is 13.2 Å². The van der Waals surface area contributed by atoms with Crippen LogP contribution in [0.1, 0.15) is 20.7 Å². The van der Waals surface area contributed by atoms with Gasteiger partial charge in [0.05, 0.1) is 49.6 Å². The minimum Gasteiger partial charge on any atom is -0.389 e. The lowest BCUT2D eigenvalue weighted by Gasteiger charge is -2.24. The number of imide groups is 1. The highest BCUT2D eigenvalue weighted by atomic mass is 16.5. The first-order chi connectivity index (χ1) is 22.1. The molecule has 1 atom stereocenters. The molecule has 1 N–H and O–H groups in total. The second kappa shape index (κ2) is 11.0. The molecule has 1 aliphatic heterocycles. The van der Waals surface area contributed by atoms with Gasteiger partial charge in [-0.1, -0.05) is 84.9 Å². The highest BCUT2D eigenvalue weighted by Crippen LogP contribution is 2.32. The Hall–Kier alpha value is -5.24. The van der Waals surface area contributed by atoms with Crippen LogP contribution in [0.25, 0.3) is 43.6 Å². The van der Waals surface area contributed by atoms with Crippen molar-refractivity contribution in [2.24, 2.45) is 0 Å². The van der Waals surface area contributed by atoms with Crippen LogP contribution in [0, 0.1) is 0 Å². The molecule has 0 bridgehead atoms. The fraction of sp³-hybridized carbons (Fsp3) is 0.158. The third-order valence-electron chi connectivity index (χ3n) is 8.93. The summed E-state index contributed by atoms with van der Waals surface area (Å²) in [5.41, 5.74) is 5.18. The van der Waals surface area contributed by atoms with Crippen molar-refractivity contribution in [3.8, 4) is 0 Å². The average molecular weight is 594 g/mol. The van der Waals surface area contributed by atoms with Crippen LogP contribution in [0.4, 0.5) is 0 Å². The van der Waals surface area contributed by atoms with E-state index in [0.29, 0.717) is 24.2 Å². The van der Waals surface area contributed by atoms with Gasteiger partial charge in [-0.3, -0.25) is 14.5 Å². The summed E-state index contributed by atoms with van der Waals surface area (Å²) in [5.74, 6) is -0.775. The maximum absolute atomic E-state index is 12.9. The summed E-state index contributed by atoms with van der Waals surface area (Å²) in [7, 11) is 0. The highest BCUT2D eigenvalue weighted by molar-refractivity contribution is 6.21. The fourth-order valence-corrected chi connectivity index (χ4v) is 6.89. The number of rotatable bonds is 9. The van der Waals surface area contributed by atoms with E-state index in [2.05, 4.69) is 81.9 Å². The quantitative estimate of drug-likeness (QED) is 0.190.